The minimum Gasteiger partial charge on any atom is -0.399 e. The first-order chi connectivity index (χ1) is 11.0. The van der Waals surface area contributed by atoms with E-state index in [0.717, 1.165) is 0 Å². The van der Waals surface area contributed by atoms with Crippen LogP contribution in [0.5, 0.6) is 0 Å². The van der Waals surface area contributed by atoms with Crippen molar-refractivity contribution in [2.45, 2.75) is 0 Å². The number of anilines is 2. The average Bonchev–Trinajstić information content (AvgIpc) is 2.88. The van der Waals surface area contributed by atoms with E-state index < -0.39 is 5.82 Å². The van der Waals surface area contributed by atoms with E-state index >= 15 is 0 Å². The monoisotopic (exact) mass is 310 g/mol. The second kappa shape index (κ2) is 5.92. The Morgan fingerprint density at radius 1 is 1.17 bits per heavy atom. The number of nitrogens with zero attached hydrogens (tertiary/aromatic N) is 2. The second-order valence-corrected chi connectivity index (χ2v) is 5.10. The molecule has 5 nitrogen and oxygen atoms in total. The summed E-state index contributed by atoms with van der Waals surface area (Å²) in [5, 5.41) is 7.00. The van der Waals surface area contributed by atoms with Crippen molar-refractivity contribution < 1.29 is 9.18 Å². The number of halogens is 1. The van der Waals surface area contributed by atoms with E-state index in [1.165, 1.54) is 10.7 Å². The third-order valence-corrected chi connectivity index (χ3v) is 3.43. The Morgan fingerprint density at radius 3 is 2.61 bits per heavy atom. The Hall–Kier alpha value is -3.15. The van der Waals surface area contributed by atoms with Gasteiger partial charge in [0.05, 0.1) is 5.69 Å². The van der Waals surface area contributed by atoms with E-state index in [0.29, 0.717) is 28.3 Å². The molecule has 0 saturated carbocycles. The van der Waals surface area contributed by atoms with Gasteiger partial charge in [-0.3, -0.25) is 9.48 Å². The van der Waals surface area contributed by atoms with Gasteiger partial charge in [0.25, 0.3) is 5.91 Å². The number of hydrogen-bond donors (Lipinski definition) is 2. The van der Waals surface area contributed by atoms with Gasteiger partial charge < -0.3 is 11.1 Å². The van der Waals surface area contributed by atoms with Crippen molar-refractivity contribution in [3.05, 3.63) is 66.0 Å². The fourth-order valence-electron chi connectivity index (χ4n) is 2.23. The molecule has 116 valence electrons. The SMILES string of the molecule is Cn1nc(-c2ccc(N)cc2F)cc1NC(=O)c1ccccc1. The molecule has 23 heavy (non-hydrogen) atoms. The lowest BCUT2D eigenvalue weighted by Crippen LogP contribution is -2.14. The van der Waals surface area contributed by atoms with Crippen LogP contribution in [0.3, 0.4) is 0 Å². The number of carbonyl (C=O) groups excluding carboxylic acids is 1. The van der Waals surface area contributed by atoms with Crippen molar-refractivity contribution in [3.63, 3.8) is 0 Å². The first-order valence-corrected chi connectivity index (χ1v) is 7.00. The number of aryl methyl sites for hydroxylation is 1. The summed E-state index contributed by atoms with van der Waals surface area (Å²) in [4.78, 5) is 12.2. The molecule has 6 heteroatoms. The molecular weight excluding hydrogens is 295 g/mol. The number of rotatable bonds is 3. The molecule has 0 unspecified atom stereocenters. The molecule has 0 spiro atoms. The topological polar surface area (TPSA) is 72.9 Å². The molecule has 1 amide bonds. The Labute approximate surface area is 132 Å². The van der Waals surface area contributed by atoms with E-state index in [2.05, 4.69) is 10.4 Å². The molecule has 0 aliphatic heterocycles. The molecule has 0 fully saturated rings. The van der Waals surface area contributed by atoms with Crippen molar-refractivity contribution in [3.8, 4) is 11.3 Å². The van der Waals surface area contributed by atoms with E-state index in [4.69, 9.17) is 5.73 Å². The van der Waals surface area contributed by atoms with Gasteiger partial charge in [0.2, 0.25) is 0 Å². The van der Waals surface area contributed by atoms with Crippen molar-refractivity contribution in [1.29, 1.82) is 0 Å². The maximum Gasteiger partial charge on any atom is 0.256 e. The minimum atomic E-state index is -0.455. The van der Waals surface area contributed by atoms with Crippen LogP contribution in [0.15, 0.2) is 54.6 Å². The summed E-state index contributed by atoms with van der Waals surface area (Å²) in [6.45, 7) is 0. The molecule has 0 radical (unpaired) electrons. The van der Waals surface area contributed by atoms with Crippen LogP contribution >= 0.6 is 0 Å². The Morgan fingerprint density at radius 2 is 1.91 bits per heavy atom. The molecule has 0 aliphatic carbocycles. The summed E-state index contributed by atoms with van der Waals surface area (Å²) in [5.74, 6) is -0.230. The summed E-state index contributed by atoms with van der Waals surface area (Å²) in [6, 6.07) is 14.9. The number of nitrogens with one attached hydrogen (secondary N) is 1. The normalized spacial score (nSPS) is 10.5. The second-order valence-electron chi connectivity index (χ2n) is 5.10. The van der Waals surface area contributed by atoms with Crippen molar-refractivity contribution >= 4 is 17.4 Å². The van der Waals surface area contributed by atoms with Crippen molar-refractivity contribution in [2.75, 3.05) is 11.1 Å². The highest BCUT2D eigenvalue weighted by Crippen LogP contribution is 2.25. The van der Waals surface area contributed by atoms with Crippen LogP contribution < -0.4 is 11.1 Å². The molecule has 0 aliphatic rings. The van der Waals surface area contributed by atoms with Gasteiger partial charge in [0.15, 0.2) is 0 Å². The van der Waals surface area contributed by atoms with Crippen LogP contribution in [0.1, 0.15) is 10.4 Å². The number of hydrogen-bond acceptors (Lipinski definition) is 3. The molecule has 3 aromatic rings. The molecule has 0 bridgehead atoms. The van der Waals surface area contributed by atoms with E-state index in [1.54, 1.807) is 49.5 Å². The first kappa shape index (κ1) is 14.8. The van der Waals surface area contributed by atoms with E-state index in [-0.39, 0.29) is 5.91 Å². The molecule has 1 heterocycles. The highest BCUT2D eigenvalue weighted by atomic mass is 19.1. The van der Waals surface area contributed by atoms with Crippen molar-refractivity contribution in [2.24, 2.45) is 7.05 Å². The Bertz CT molecular complexity index is 858. The molecular formula is C17H15FN4O. The number of benzene rings is 2. The summed E-state index contributed by atoms with van der Waals surface area (Å²) < 4.78 is 15.5. The van der Waals surface area contributed by atoms with Crippen LogP contribution in [0.25, 0.3) is 11.3 Å². The van der Waals surface area contributed by atoms with E-state index in [1.807, 2.05) is 6.07 Å². The zero-order valence-electron chi connectivity index (χ0n) is 12.5. The smallest absolute Gasteiger partial charge is 0.256 e. The highest BCUT2D eigenvalue weighted by molar-refractivity contribution is 6.04. The molecule has 3 rings (SSSR count). The van der Waals surface area contributed by atoms with Crippen molar-refractivity contribution in [1.82, 2.24) is 9.78 Å². The van der Waals surface area contributed by atoms with Gasteiger partial charge in [-0.15, -0.1) is 0 Å². The van der Waals surface area contributed by atoms with Gasteiger partial charge in [0, 0.05) is 29.9 Å². The highest BCUT2D eigenvalue weighted by Gasteiger charge is 2.14. The van der Waals surface area contributed by atoms with Gasteiger partial charge in [-0.25, -0.2) is 4.39 Å². The van der Waals surface area contributed by atoms with Gasteiger partial charge in [-0.05, 0) is 30.3 Å². The fraction of sp³-hybridized carbons (Fsp3) is 0.0588. The van der Waals surface area contributed by atoms with Crippen LogP contribution in [-0.2, 0) is 7.05 Å². The molecule has 1 aromatic heterocycles. The maximum absolute atomic E-state index is 14.0. The molecule has 2 aromatic carbocycles. The first-order valence-electron chi connectivity index (χ1n) is 7.00. The molecule has 0 atom stereocenters. The molecule has 0 saturated heterocycles. The van der Waals surface area contributed by atoms with Gasteiger partial charge in [0.1, 0.15) is 11.6 Å². The number of nitrogens with two attached hydrogens (primary N) is 1. The fourth-order valence-corrected chi connectivity index (χ4v) is 2.23. The average molecular weight is 310 g/mol. The zero-order chi connectivity index (χ0) is 16.4. The third-order valence-electron chi connectivity index (χ3n) is 3.43. The number of carbonyl (C=O) groups is 1. The minimum absolute atomic E-state index is 0.252. The number of aromatic nitrogens is 2. The predicted octanol–water partition coefficient (Wildman–Crippen LogP) is 3.06. The quantitative estimate of drug-likeness (QED) is 0.730. The lowest BCUT2D eigenvalue weighted by molar-refractivity contribution is 0.102. The van der Waals surface area contributed by atoms with E-state index in [9.17, 15) is 9.18 Å². The molecule has 3 N–H and O–H groups in total. The lowest BCUT2D eigenvalue weighted by Gasteiger charge is -2.04. The van der Waals surface area contributed by atoms with Crippen LogP contribution in [0.2, 0.25) is 0 Å². The third kappa shape index (κ3) is 3.06. The van der Waals surface area contributed by atoms with Gasteiger partial charge in [-0.1, -0.05) is 18.2 Å². The maximum atomic E-state index is 14.0. The predicted molar refractivity (Wildman–Crippen MR) is 87.4 cm³/mol. The summed E-state index contributed by atoms with van der Waals surface area (Å²) in [6.07, 6.45) is 0. The largest absolute Gasteiger partial charge is 0.399 e. The Kier molecular flexibility index (Phi) is 3.80. The zero-order valence-corrected chi connectivity index (χ0v) is 12.5. The number of amides is 1. The number of nitrogen functional groups attached to an aromatic ring is 1. The summed E-state index contributed by atoms with van der Waals surface area (Å²) >= 11 is 0. The van der Waals surface area contributed by atoms with Gasteiger partial charge in [-0.2, -0.15) is 5.10 Å². The van der Waals surface area contributed by atoms with Crippen LogP contribution in [-0.4, -0.2) is 15.7 Å². The standard InChI is InChI=1S/C17H15FN4O/c1-22-16(20-17(23)11-5-3-2-4-6-11)10-15(21-22)13-8-7-12(19)9-14(13)18/h2-10H,19H2,1H3,(H,20,23). The lowest BCUT2D eigenvalue weighted by atomic mass is 10.1. The van der Waals surface area contributed by atoms with Gasteiger partial charge >= 0.3 is 0 Å². The van der Waals surface area contributed by atoms with Crippen LogP contribution in [0.4, 0.5) is 15.9 Å². The summed E-state index contributed by atoms with van der Waals surface area (Å²) in [5.41, 5.74) is 7.18. The van der Waals surface area contributed by atoms with Crippen LogP contribution in [0, 0.1) is 5.82 Å². The Balaban J connectivity index is 1.88. The summed E-state index contributed by atoms with van der Waals surface area (Å²) in [7, 11) is 1.68.